The molecule has 1 N–H and O–H groups in total. The van der Waals surface area contributed by atoms with Crippen molar-refractivity contribution in [3.05, 3.63) is 30.2 Å². The van der Waals surface area contributed by atoms with Crippen molar-refractivity contribution in [1.29, 1.82) is 0 Å². The Balaban J connectivity index is 2.08. The standard InChI is InChI=1S/C13H12N4O2/c18-6-5-17-8-9(7-16-17)12-13-10(1-3-14-12)11(19)2-4-15-13/h1,3-4,7-8,18H,2,5-6H2. The predicted octanol–water partition coefficient (Wildman–Crippen LogP) is 1.23. The Hall–Kier alpha value is -2.34. The summed E-state index contributed by atoms with van der Waals surface area (Å²) in [6.45, 7) is 0.454. The Bertz CT molecular complexity index is 660. The fourth-order valence-electron chi connectivity index (χ4n) is 2.06. The molecule has 0 amide bonds. The molecule has 2 aromatic rings. The highest BCUT2D eigenvalue weighted by atomic mass is 16.3. The van der Waals surface area contributed by atoms with Crippen molar-refractivity contribution in [2.45, 2.75) is 13.0 Å². The van der Waals surface area contributed by atoms with Gasteiger partial charge in [-0.3, -0.25) is 19.5 Å². The van der Waals surface area contributed by atoms with Crippen LogP contribution >= 0.6 is 0 Å². The van der Waals surface area contributed by atoms with Crippen LogP contribution in [0.3, 0.4) is 0 Å². The average Bonchev–Trinajstić information content (AvgIpc) is 2.88. The maximum absolute atomic E-state index is 11.8. The first kappa shape index (κ1) is 11.7. The molecule has 2 aromatic heterocycles. The molecule has 0 aromatic carbocycles. The molecule has 0 unspecified atom stereocenters. The lowest BCUT2D eigenvalue weighted by Gasteiger charge is -2.11. The monoisotopic (exact) mass is 256 g/mol. The van der Waals surface area contributed by atoms with E-state index in [0.717, 1.165) is 5.56 Å². The van der Waals surface area contributed by atoms with Crippen LogP contribution in [0, 0.1) is 0 Å². The molecule has 1 aliphatic rings. The van der Waals surface area contributed by atoms with Crippen LogP contribution < -0.4 is 0 Å². The molecule has 19 heavy (non-hydrogen) atoms. The van der Waals surface area contributed by atoms with Crippen molar-refractivity contribution in [2.75, 3.05) is 6.61 Å². The maximum atomic E-state index is 11.8. The fourth-order valence-corrected chi connectivity index (χ4v) is 2.06. The van der Waals surface area contributed by atoms with Gasteiger partial charge in [0, 0.05) is 36.2 Å². The number of pyridine rings is 1. The smallest absolute Gasteiger partial charge is 0.170 e. The number of fused-ring (bicyclic) bond motifs is 1. The van der Waals surface area contributed by atoms with Crippen LogP contribution in [-0.4, -0.2) is 38.5 Å². The van der Waals surface area contributed by atoms with Crippen molar-refractivity contribution in [3.63, 3.8) is 0 Å². The maximum Gasteiger partial charge on any atom is 0.170 e. The van der Waals surface area contributed by atoms with E-state index in [-0.39, 0.29) is 12.4 Å². The molecule has 0 radical (unpaired) electrons. The van der Waals surface area contributed by atoms with E-state index < -0.39 is 0 Å². The largest absolute Gasteiger partial charge is 0.394 e. The van der Waals surface area contributed by atoms with Crippen LogP contribution in [0.1, 0.15) is 16.8 Å². The molecular weight excluding hydrogens is 244 g/mol. The molecule has 1 aliphatic heterocycles. The lowest BCUT2D eigenvalue weighted by Crippen LogP contribution is -2.06. The number of carbonyl (C=O) groups excluding carboxylic acids is 1. The van der Waals surface area contributed by atoms with Gasteiger partial charge in [0.25, 0.3) is 0 Å². The summed E-state index contributed by atoms with van der Waals surface area (Å²) in [6, 6.07) is 1.69. The second-order valence-electron chi connectivity index (χ2n) is 4.21. The van der Waals surface area contributed by atoms with Gasteiger partial charge in [-0.15, -0.1) is 0 Å². The SMILES string of the molecule is O=C1CC=Nc2c1ccnc2-c1cnn(CCO)c1. The Morgan fingerprint density at radius 2 is 2.32 bits per heavy atom. The number of Topliss-reactive ketones (excluding diaryl/α,β-unsaturated/α-hetero) is 1. The van der Waals surface area contributed by atoms with E-state index in [9.17, 15) is 4.79 Å². The van der Waals surface area contributed by atoms with Gasteiger partial charge >= 0.3 is 0 Å². The molecule has 6 heteroatoms. The van der Waals surface area contributed by atoms with Crippen LogP contribution in [-0.2, 0) is 6.54 Å². The van der Waals surface area contributed by atoms with Crippen molar-refractivity contribution in [3.8, 4) is 11.3 Å². The minimum Gasteiger partial charge on any atom is -0.394 e. The van der Waals surface area contributed by atoms with Gasteiger partial charge in [0.1, 0.15) is 0 Å². The number of aromatic nitrogens is 3. The molecule has 0 saturated carbocycles. The summed E-state index contributed by atoms with van der Waals surface area (Å²) >= 11 is 0. The summed E-state index contributed by atoms with van der Waals surface area (Å²) in [7, 11) is 0. The summed E-state index contributed by atoms with van der Waals surface area (Å²) in [5.41, 5.74) is 2.63. The van der Waals surface area contributed by atoms with E-state index in [1.165, 1.54) is 0 Å². The van der Waals surface area contributed by atoms with Gasteiger partial charge in [0.2, 0.25) is 0 Å². The molecular formula is C13H12N4O2. The van der Waals surface area contributed by atoms with Crippen molar-refractivity contribution < 1.29 is 9.90 Å². The minimum absolute atomic E-state index is 0.0259. The number of rotatable bonds is 3. The number of hydrogen-bond donors (Lipinski definition) is 1. The van der Waals surface area contributed by atoms with Gasteiger partial charge in [-0.05, 0) is 6.07 Å². The molecule has 0 spiro atoms. The molecule has 0 fully saturated rings. The second kappa shape index (κ2) is 4.74. The summed E-state index contributed by atoms with van der Waals surface area (Å²) in [5, 5.41) is 13.0. The molecule has 3 rings (SSSR count). The topological polar surface area (TPSA) is 80.4 Å². The first-order valence-electron chi connectivity index (χ1n) is 5.98. The summed E-state index contributed by atoms with van der Waals surface area (Å²) < 4.78 is 1.63. The quantitative estimate of drug-likeness (QED) is 0.895. The van der Waals surface area contributed by atoms with Crippen molar-refractivity contribution in [1.82, 2.24) is 14.8 Å². The van der Waals surface area contributed by atoms with Gasteiger partial charge in [-0.25, -0.2) is 0 Å². The Morgan fingerprint density at radius 1 is 1.42 bits per heavy atom. The number of ketones is 1. The van der Waals surface area contributed by atoms with Gasteiger partial charge in [-0.1, -0.05) is 0 Å². The normalized spacial score (nSPS) is 13.6. The third kappa shape index (κ3) is 2.06. The van der Waals surface area contributed by atoms with E-state index in [2.05, 4.69) is 15.1 Å². The number of aliphatic hydroxyl groups excluding tert-OH is 1. The zero-order valence-corrected chi connectivity index (χ0v) is 10.2. The zero-order valence-electron chi connectivity index (χ0n) is 10.2. The Kier molecular flexibility index (Phi) is 2.92. The number of aliphatic hydroxyl groups is 1. The van der Waals surface area contributed by atoms with Gasteiger partial charge in [0.05, 0.1) is 30.7 Å². The van der Waals surface area contributed by atoms with E-state index in [1.54, 1.807) is 35.6 Å². The highest BCUT2D eigenvalue weighted by Gasteiger charge is 2.19. The van der Waals surface area contributed by atoms with E-state index in [0.29, 0.717) is 29.9 Å². The number of carbonyl (C=O) groups is 1. The van der Waals surface area contributed by atoms with Crippen LogP contribution in [0.4, 0.5) is 5.69 Å². The van der Waals surface area contributed by atoms with E-state index in [1.807, 2.05) is 0 Å². The third-order valence-corrected chi connectivity index (χ3v) is 2.96. The van der Waals surface area contributed by atoms with Gasteiger partial charge < -0.3 is 5.11 Å². The third-order valence-electron chi connectivity index (χ3n) is 2.96. The van der Waals surface area contributed by atoms with Crippen LogP contribution in [0.2, 0.25) is 0 Å². The Morgan fingerprint density at radius 3 is 3.16 bits per heavy atom. The first-order valence-corrected chi connectivity index (χ1v) is 5.98. The fraction of sp³-hybridized carbons (Fsp3) is 0.231. The molecule has 3 heterocycles. The molecule has 96 valence electrons. The molecule has 0 bridgehead atoms. The highest BCUT2D eigenvalue weighted by Crippen LogP contribution is 2.33. The van der Waals surface area contributed by atoms with Gasteiger partial charge in [-0.2, -0.15) is 5.10 Å². The molecule has 0 atom stereocenters. The predicted molar refractivity (Wildman–Crippen MR) is 69.6 cm³/mol. The lowest BCUT2D eigenvalue weighted by atomic mass is 10.0. The second-order valence-corrected chi connectivity index (χ2v) is 4.21. The number of nitrogens with zero attached hydrogens (tertiary/aromatic N) is 4. The summed E-state index contributed by atoms with van der Waals surface area (Å²) in [4.78, 5) is 20.4. The number of aliphatic imine (C=N–C) groups is 1. The molecule has 0 saturated heterocycles. The van der Waals surface area contributed by atoms with Crippen LogP contribution in [0.5, 0.6) is 0 Å². The van der Waals surface area contributed by atoms with Gasteiger partial charge in [0.15, 0.2) is 5.78 Å². The summed E-state index contributed by atoms with van der Waals surface area (Å²) in [6.07, 6.45) is 6.99. The minimum atomic E-state index is 0.0259. The average molecular weight is 256 g/mol. The van der Waals surface area contributed by atoms with Crippen LogP contribution in [0.15, 0.2) is 29.6 Å². The lowest BCUT2D eigenvalue weighted by molar-refractivity contribution is 0.100. The highest BCUT2D eigenvalue weighted by molar-refractivity contribution is 6.11. The van der Waals surface area contributed by atoms with Crippen LogP contribution in [0.25, 0.3) is 11.3 Å². The van der Waals surface area contributed by atoms with Crippen molar-refractivity contribution in [2.24, 2.45) is 4.99 Å². The zero-order chi connectivity index (χ0) is 13.2. The first-order chi connectivity index (χ1) is 9.29. The molecule has 6 nitrogen and oxygen atoms in total. The van der Waals surface area contributed by atoms with Crippen molar-refractivity contribution >= 4 is 17.7 Å². The summed E-state index contributed by atoms with van der Waals surface area (Å²) in [5.74, 6) is 0.0522. The Labute approximate surface area is 109 Å². The van der Waals surface area contributed by atoms with E-state index in [4.69, 9.17) is 5.11 Å². The number of hydrogen-bond acceptors (Lipinski definition) is 5. The van der Waals surface area contributed by atoms with E-state index >= 15 is 0 Å². The molecule has 0 aliphatic carbocycles.